The van der Waals surface area contributed by atoms with E-state index in [0.717, 1.165) is 14.7 Å². The molecule has 0 radical (unpaired) electrons. The van der Waals surface area contributed by atoms with Gasteiger partial charge < -0.3 is 10.8 Å². The van der Waals surface area contributed by atoms with Crippen LogP contribution in [-0.2, 0) is 11.2 Å². The van der Waals surface area contributed by atoms with E-state index in [1.807, 2.05) is 25.1 Å². The molecule has 4 heteroatoms. The summed E-state index contributed by atoms with van der Waals surface area (Å²) in [5, 5.41) is 8.68. The summed E-state index contributed by atoms with van der Waals surface area (Å²) in [5.41, 5.74) is 7.59. The van der Waals surface area contributed by atoms with E-state index < -0.39 is 12.0 Å². The maximum atomic E-state index is 10.6. The van der Waals surface area contributed by atoms with E-state index in [0.29, 0.717) is 6.42 Å². The zero-order valence-electron chi connectivity index (χ0n) is 7.83. The lowest BCUT2D eigenvalue weighted by atomic mass is 10.0. The third kappa shape index (κ3) is 2.68. The Hall–Kier alpha value is -0.620. The van der Waals surface area contributed by atoms with Crippen molar-refractivity contribution in [3.05, 3.63) is 32.9 Å². The molecule has 0 aliphatic rings. The molecule has 0 saturated carbocycles. The average Bonchev–Trinajstić information content (AvgIpc) is 2.12. The predicted molar refractivity (Wildman–Crippen MR) is 63.2 cm³/mol. The van der Waals surface area contributed by atoms with Gasteiger partial charge in [-0.25, -0.2) is 0 Å². The minimum Gasteiger partial charge on any atom is -0.480 e. The Kier molecular flexibility index (Phi) is 3.88. The van der Waals surface area contributed by atoms with Gasteiger partial charge in [-0.1, -0.05) is 12.1 Å². The van der Waals surface area contributed by atoms with E-state index in [1.54, 1.807) is 0 Å². The van der Waals surface area contributed by atoms with Gasteiger partial charge in [0.15, 0.2) is 0 Å². The van der Waals surface area contributed by atoms with Gasteiger partial charge in [0.25, 0.3) is 0 Å². The Bertz CT molecular complexity index is 352. The number of carboxylic acids is 1. The van der Waals surface area contributed by atoms with Crippen LogP contribution in [0.5, 0.6) is 0 Å². The summed E-state index contributed by atoms with van der Waals surface area (Å²) in [4.78, 5) is 10.6. The van der Waals surface area contributed by atoms with E-state index in [1.165, 1.54) is 0 Å². The van der Waals surface area contributed by atoms with Gasteiger partial charge in [-0.2, -0.15) is 0 Å². The molecule has 1 rings (SSSR count). The van der Waals surface area contributed by atoms with Crippen molar-refractivity contribution in [2.24, 2.45) is 5.73 Å². The van der Waals surface area contributed by atoms with Gasteiger partial charge in [0.05, 0.1) is 0 Å². The van der Waals surface area contributed by atoms with E-state index in [-0.39, 0.29) is 0 Å². The van der Waals surface area contributed by atoms with Crippen LogP contribution in [0.2, 0.25) is 0 Å². The number of halogens is 1. The highest BCUT2D eigenvalue weighted by atomic mass is 127. The summed E-state index contributed by atoms with van der Waals surface area (Å²) in [6.45, 7) is 1.98. The first kappa shape index (κ1) is 11.5. The van der Waals surface area contributed by atoms with Crippen LogP contribution >= 0.6 is 22.6 Å². The number of benzene rings is 1. The van der Waals surface area contributed by atoms with E-state index in [4.69, 9.17) is 10.8 Å². The number of hydrogen-bond acceptors (Lipinski definition) is 2. The topological polar surface area (TPSA) is 63.3 Å². The fourth-order valence-corrected chi connectivity index (χ4v) is 1.75. The third-order valence-electron chi connectivity index (χ3n) is 2.14. The largest absolute Gasteiger partial charge is 0.480 e. The van der Waals surface area contributed by atoms with Crippen molar-refractivity contribution in [3.8, 4) is 0 Å². The van der Waals surface area contributed by atoms with Crippen molar-refractivity contribution in [1.29, 1.82) is 0 Å². The Morgan fingerprint density at radius 1 is 1.64 bits per heavy atom. The van der Waals surface area contributed by atoms with Gasteiger partial charge in [-0.05, 0) is 53.1 Å². The maximum absolute atomic E-state index is 10.6. The molecule has 0 amide bonds. The van der Waals surface area contributed by atoms with Crippen molar-refractivity contribution >= 4 is 28.6 Å². The highest BCUT2D eigenvalue weighted by Crippen LogP contribution is 2.16. The molecule has 0 aliphatic heterocycles. The molecule has 0 aromatic heterocycles. The monoisotopic (exact) mass is 305 g/mol. The highest BCUT2D eigenvalue weighted by molar-refractivity contribution is 14.1. The minimum absolute atomic E-state index is 0.387. The van der Waals surface area contributed by atoms with Crippen LogP contribution in [0.1, 0.15) is 11.1 Å². The van der Waals surface area contributed by atoms with Crippen LogP contribution < -0.4 is 5.73 Å². The first-order chi connectivity index (χ1) is 6.52. The van der Waals surface area contributed by atoms with Crippen LogP contribution in [-0.4, -0.2) is 17.1 Å². The molecule has 0 unspecified atom stereocenters. The van der Waals surface area contributed by atoms with Crippen LogP contribution in [0.25, 0.3) is 0 Å². The number of carbonyl (C=O) groups is 1. The lowest BCUT2D eigenvalue weighted by molar-refractivity contribution is -0.138. The van der Waals surface area contributed by atoms with E-state index >= 15 is 0 Å². The van der Waals surface area contributed by atoms with Gasteiger partial charge in [0.1, 0.15) is 6.04 Å². The molecular formula is C10H12INO2. The normalized spacial score (nSPS) is 12.5. The van der Waals surface area contributed by atoms with Crippen molar-refractivity contribution in [2.75, 3.05) is 0 Å². The van der Waals surface area contributed by atoms with Gasteiger partial charge in [0.2, 0.25) is 0 Å². The Balaban J connectivity index is 2.87. The standard InChI is InChI=1S/C10H12INO2/c1-6-7(3-2-4-8(6)11)5-9(12)10(13)14/h2-4,9H,5,12H2,1H3,(H,13,14)/t9-/m1/s1. The number of carboxylic acid groups (broad SMARTS) is 1. The molecule has 0 saturated heterocycles. The smallest absolute Gasteiger partial charge is 0.320 e. The molecule has 0 heterocycles. The molecule has 3 nitrogen and oxygen atoms in total. The fourth-order valence-electron chi connectivity index (χ4n) is 1.20. The average molecular weight is 305 g/mol. The molecule has 3 N–H and O–H groups in total. The zero-order chi connectivity index (χ0) is 10.7. The highest BCUT2D eigenvalue weighted by Gasteiger charge is 2.13. The second-order valence-electron chi connectivity index (χ2n) is 3.17. The number of nitrogens with two attached hydrogens (primary N) is 1. The third-order valence-corrected chi connectivity index (χ3v) is 3.31. The summed E-state index contributed by atoms with van der Waals surface area (Å²) in [5.74, 6) is -0.955. The van der Waals surface area contributed by atoms with Crippen molar-refractivity contribution < 1.29 is 9.90 Å². The molecule has 14 heavy (non-hydrogen) atoms. The molecule has 0 fully saturated rings. The minimum atomic E-state index is -0.955. The first-order valence-corrected chi connectivity index (χ1v) is 5.32. The Labute approximate surface area is 96.4 Å². The second-order valence-corrected chi connectivity index (χ2v) is 4.34. The fraction of sp³-hybridized carbons (Fsp3) is 0.300. The maximum Gasteiger partial charge on any atom is 0.320 e. The van der Waals surface area contributed by atoms with Crippen molar-refractivity contribution in [2.45, 2.75) is 19.4 Å². The van der Waals surface area contributed by atoms with Crippen molar-refractivity contribution in [1.82, 2.24) is 0 Å². The summed E-state index contributed by atoms with van der Waals surface area (Å²) in [6.07, 6.45) is 0.387. The van der Waals surface area contributed by atoms with E-state index in [9.17, 15) is 4.79 Å². The van der Waals surface area contributed by atoms with Gasteiger partial charge in [-0.3, -0.25) is 4.79 Å². The molecule has 1 aromatic rings. The van der Waals surface area contributed by atoms with Gasteiger partial charge in [-0.15, -0.1) is 0 Å². The van der Waals surface area contributed by atoms with E-state index in [2.05, 4.69) is 22.6 Å². The van der Waals surface area contributed by atoms with Crippen molar-refractivity contribution in [3.63, 3.8) is 0 Å². The lowest BCUT2D eigenvalue weighted by Crippen LogP contribution is -2.32. The Morgan fingerprint density at radius 3 is 2.86 bits per heavy atom. The SMILES string of the molecule is Cc1c(I)cccc1C[C@@H](N)C(=O)O. The molecule has 1 atom stereocenters. The molecule has 0 spiro atoms. The first-order valence-electron chi connectivity index (χ1n) is 4.24. The zero-order valence-corrected chi connectivity index (χ0v) is 9.98. The number of hydrogen-bond donors (Lipinski definition) is 2. The summed E-state index contributed by atoms with van der Waals surface area (Å²) < 4.78 is 1.14. The van der Waals surface area contributed by atoms with Crippen LogP contribution in [0.15, 0.2) is 18.2 Å². The molecule has 1 aromatic carbocycles. The summed E-state index contributed by atoms with van der Waals surface area (Å²) in [7, 11) is 0. The number of rotatable bonds is 3. The van der Waals surface area contributed by atoms with Crippen LogP contribution in [0, 0.1) is 10.5 Å². The van der Waals surface area contributed by atoms with Gasteiger partial charge >= 0.3 is 5.97 Å². The molecule has 76 valence electrons. The van der Waals surface area contributed by atoms with Crippen LogP contribution in [0.4, 0.5) is 0 Å². The quantitative estimate of drug-likeness (QED) is 0.833. The van der Waals surface area contributed by atoms with Gasteiger partial charge in [0, 0.05) is 3.57 Å². The molecular weight excluding hydrogens is 293 g/mol. The second kappa shape index (κ2) is 4.75. The lowest BCUT2D eigenvalue weighted by Gasteiger charge is -2.10. The van der Waals surface area contributed by atoms with Crippen LogP contribution in [0.3, 0.4) is 0 Å². The molecule has 0 bridgehead atoms. The molecule has 0 aliphatic carbocycles. The summed E-state index contributed by atoms with van der Waals surface area (Å²) >= 11 is 2.23. The Morgan fingerprint density at radius 2 is 2.29 bits per heavy atom. The number of aliphatic carboxylic acids is 1. The summed E-state index contributed by atoms with van der Waals surface area (Å²) in [6, 6.07) is 5.01. The predicted octanol–water partition coefficient (Wildman–Crippen LogP) is 1.55.